The quantitative estimate of drug-likeness (QED) is 0.180. The average molecular weight is 638 g/mol. The van der Waals surface area contributed by atoms with Gasteiger partial charge < -0.3 is 0 Å². The zero-order valence-electron chi connectivity index (χ0n) is 21.5. The van der Waals surface area contributed by atoms with E-state index < -0.39 is 0 Å². The van der Waals surface area contributed by atoms with E-state index in [4.69, 9.17) is 0 Å². The molecule has 0 radical (unpaired) electrons. The zero-order valence-corrected chi connectivity index (χ0v) is 24.6. The fraction of sp³-hybridized carbons (Fsp3) is 0. The van der Waals surface area contributed by atoms with Crippen LogP contribution in [0.15, 0.2) is 138 Å². The Kier molecular flexibility index (Phi) is 5.55. The number of hydrogen-bond acceptors (Lipinski definition) is 0. The molecule has 188 valence electrons. The molecule has 8 rings (SSSR count). The van der Waals surface area contributed by atoms with Crippen molar-refractivity contribution in [2.24, 2.45) is 0 Å². The van der Waals surface area contributed by atoms with E-state index in [-0.39, 0.29) is 0 Å². The second-order valence-corrected chi connectivity index (χ2v) is 11.8. The zero-order chi connectivity index (χ0) is 26.8. The Morgan fingerprint density at radius 3 is 1.40 bits per heavy atom. The van der Waals surface area contributed by atoms with Crippen LogP contribution in [0.3, 0.4) is 0 Å². The van der Waals surface area contributed by atoms with Gasteiger partial charge in [-0.2, -0.15) is 0 Å². The average Bonchev–Trinajstić information content (AvgIpc) is 3.64. The maximum atomic E-state index is 4.09. The lowest BCUT2D eigenvalue weighted by Crippen LogP contribution is -2.06. The monoisotopic (exact) mass is 636 g/mol. The molecule has 0 aliphatic carbocycles. The molecule has 0 fully saturated rings. The number of halogens is 2. The fourth-order valence-electron chi connectivity index (χ4n) is 6.51. The molecule has 0 unspecified atom stereocenters. The highest BCUT2D eigenvalue weighted by Gasteiger charge is 2.30. The Labute approximate surface area is 249 Å². The molecule has 40 heavy (non-hydrogen) atoms. The van der Waals surface area contributed by atoms with Gasteiger partial charge in [-0.3, -0.25) is 0 Å². The number of rotatable bonds is 4. The molecule has 0 saturated heterocycles. The molecular formula is C38H22Br2. The van der Waals surface area contributed by atoms with Crippen LogP contribution in [0.4, 0.5) is 0 Å². The van der Waals surface area contributed by atoms with Crippen LogP contribution >= 0.6 is 31.9 Å². The molecule has 0 aliphatic heterocycles. The summed E-state index contributed by atoms with van der Waals surface area (Å²) in [7, 11) is 0. The first-order valence-electron chi connectivity index (χ1n) is 13.4. The van der Waals surface area contributed by atoms with Crippen LogP contribution in [-0.2, 0) is 0 Å². The minimum absolute atomic E-state index is 1.12. The summed E-state index contributed by atoms with van der Waals surface area (Å²) in [5.74, 6) is 0. The van der Waals surface area contributed by atoms with E-state index in [0.717, 1.165) is 4.48 Å². The van der Waals surface area contributed by atoms with Crippen LogP contribution in [0.2, 0.25) is 0 Å². The minimum Gasteiger partial charge on any atom is -0.0622 e. The molecule has 0 aliphatic rings. The molecule has 8 aromatic rings. The van der Waals surface area contributed by atoms with E-state index in [1.807, 2.05) is 0 Å². The van der Waals surface area contributed by atoms with E-state index >= 15 is 0 Å². The van der Waals surface area contributed by atoms with Crippen LogP contribution in [0.5, 0.6) is 0 Å². The maximum absolute atomic E-state index is 4.09. The predicted octanol–water partition coefficient (Wildman–Crippen LogP) is 11.1. The van der Waals surface area contributed by atoms with E-state index in [2.05, 4.69) is 165 Å². The van der Waals surface area contributed by atoms with Gasteiger partial charge in [0.15, 0.2) is 0 Å². The van der Waals surface area contributed by atoms with Crippen molar-refractivity contribution in [1.82, 2.24) is 0 Å². The largest absolute Gasteiger partial charge is 0.0622 e. The van der Waals surface area contributed by atoms with Gasteiger partial charge in [0.1, 0.15) is 0 Å². The summed E-state index contributed by atoms with van der Waals surface area (Å²) >= 11 is 8.15. The van der Waals surface area contributed by atoms with Crippen molar-refractivity contribution < 1.29 is 0 Å². The highest BCUT2D eigenvalue weighted by molar-refractivity contribution is 9.15. The fourth-order valence-corrected chi connectivity index (χ4v) is 7.95. The van der Waals surface area contributed by atoms with Crippen LogP contribution in [0.25, 0.3) is 70.2 Å². The van der Waals surface area contributed by atoms with Gasteiger partial charge in [-0.25, -0.2) is 0 Å². The van der Waals surface area contributed by atoms with Gasteiger partial charge in [0.2, 0.25) is 0 Å². The van der Waals surface area contributed by atoms with Gasteiger partial charge in [0.25, 0.3) is 0 Å². The van der Waals surface area contributed by atoms with E-state index in [1.165, 1.54) is 81.0 Å². The number of hydrogen-bond donors (Lipinski definition) is 0. The first-order chi connectivity index (χ1) is 19.7. The van der Waals surface area contributed by atoms with Gasteiger partial charge in [-0.05, 0) is 92.2 Å². The molecule has 2 heteroatoms. The topological polar surface area (TPSA) is 0 Å². The molecule has 0 N–H and O–H groups in total. The molecular weight excluding hydrogens is 616 g/mol. The number of benzene rings is 5. The van der Waals surface area contributed by atoms with Crippen molar-refractivity contribution in [3.05, 3.63) is 149 Å². The molecule has 0 saturated carbocycles. The summed E-state index contributed by atoms with van der Waals surface area (Å²) in [6.45, 7) is 0. The second kappa shape index (κ2) is 9.30. The normalized spacial score (nSPS) is 12.7. The third kappa shape index (κ3) is 3.36. The third-order valence-corrected chi connectivity index (χ3v) is 9.79. The van der Waals surface area contributed by atoms with Crippen molar-refractivity contribution in [1.29, 1.82) is 0 Å². The van der Waals surface area contributed by atoms with Gasteiger partial charge in [-0.1, -0.05) is 133 Å². The molecule has 0 nitrogen and oxygen atoms in total. The summed E-state index contributed by atoms with van der Waals surface area (Å²) in [6, 6.07) is 47.9. The highest BCUT2D eigenvalue weighted by Crippen LogP contribution is 2.56. The first kappa shape index (κ1) is 23.9. The smallest absolute Gasteiger partial charge is 0.0339 e. The summed E-state index contributed by atoms with van der Waals surface area (Å²) < 4.78 is 2.28. The lowest BCUT2D eigenvalue weighted by molar-refractivity contribution is 1.62. The Morgan fingerprint density at radius 2 is 0.825 bits per heavy atom. The van der Waals surface area contributed by atoms with Crippen LogP contribution in [0.1, 0.15) is 5.56 Å². The Morgan fingerprint density at radius 1 is 0.400 bits per heavy atom. The molecule has 0 aromatic heterocycles. The van der Waals surface area contributed by atoms with E-state index in [0.29, 0.717) is 0 Å². The van der Waals surface area contributed by atoms with Gasteiger partial charge >= 0.3 is 0 Å². The summed E-state index contributed by atoms with van der Waals surface area (Å²) in [4.78, 5) is 0. The SMILES string of the molecule is Br/C(c1ccccc1)=c1\c(-c2ccccc2)c2c(-c3ccccc3)c3c(-c4ccccc4)c(Br)c4ccc1c2c43. The Bertz CT molecular complexity index is 2180. The predicted molar refractivity (Wildman–Crippen MR) is 178 cm³/mol. The highest BCUT2D eigenvalue weighted by atomic mass is 79.9. The molecule has 0 atom stereocenters. The van der Waals surface area contributed by atoms with Gasteiger partial charge in [0.05, 0.1) is 0 Å². The van der Waals surface area contributed by atoms with E-state index in [1.54, 1.807) is 0 Å². The lowest BCUT2D eigenvalue weighted by Gasteiger charge is -2.09. The van der Waals surface area contributed by atoms with Crippen molar-refractivity contribution >= 4 is 68.7 Å². The standard InChI is InChI=1S/C38H22Br2/c39-37(26-19-11-4-12-20-26)34-27-21-22-28-33-32(27)35(29(34)23-13-5-1-6-14-23)30(24-15-7-2-8-16-24)36(33)31(38(28)40)25-17-9-3-10-18-25/h1-22H/b37-34-. The molecule has 0 bridgehead atoms. The Hall–Kier alpha value is -3.98. The minimum atomic E-state index is 1.12. The third-order valence-electron chi connectivity index (χ3n) is 8.11. The van der Waals surface area contributed by atoms with Crippen LogP contribution in [-0.4, -0.2) is 0 Å². The summed E-state index contributed by atoms with van der Waals surface area (Å²) in [5, 5.41) is 9.14. The molecule has 0 spiro atoms. The van der Waals surface area contributed by atoms with Gasteiger partial charge in [-0.15, -0.1) is 0 Å². The van der Waals surface area contributed by atoms with Crippen molar-refractivity contribution in [3.63, 3.8) is 0 Å². The summed E-state index contributed by atoms with van der Waals surface area (Å²) in [5.41, 5.74) is 8.72. The summed E-state index contributed by atoms with van der Waals surface area (Å²) in [6.07, 6.45) is 0. The second-order valence-electron chi connectivity index (χ2n) is 10.3. The molecule has 8 aromatic carbocycles. The first-order valence-corrected chi connectivity index (χ1v) is 15.0. The van der Waals surface area contributed by atoms with Crippen LogP contribution < -0.4 is 5.22 Å². The van der Waals surface area contributed by atoms with Gasteiger partial charge in [0, 0.05) is 25.1 Å². The van der Waals surface area contributed by atoms with Crippen molar-refractivity contribution in [2.75, 3.05) is 0 Å². The van der Waals surface area contributed by atoms with E-state index in [9.17, 15) is 0 Å². The molecule has 0 heterocycles. The lowest BCUT2D eigenvalue weighted by atomic mass is 9.95. The maximum Gasteiger partial charge on any atom is 0.0339 e. The van der Waals surface area contributed by atoms with Crippen molar-refractivity contribution in [3.8, 4) is 33.4 Å². The van der Waals surface area contributed by atoms with Crippen molar-refractivity contribution in [2.45, 2.75) is 0 Å². The van der Waals surface area contributed by atoms with Crippen LogP contribution in [0, 0.1) is 0 Å². The molecule has 0 amide bonds. The Balaban J connectivity index is 1.68.